The second-order valence-electron chi connectivity index (χ2n) is 7.11. The highest BCUT2D eigenvalue weighted by Gasteiger charge is 2.30. The van der Waals surface area contributed by atoms with E-state index in [-0.39, 0.29) is 18.1 Å². The summed E-state index contributed by atoms with van der Waals surface area (Å²) in [6, 6.07) is -4.68. The number of rotatable bonds is 14. The van der Waals surface area contributed by atoms with Crippen LogP contribution in [0.15, 0.2) is 4.99 Å². The third-order valence-corrected chi connectivity index (χ3v) is 4.53. The number of nitrogens with zero attached hydrogens (tertiary/aromatic N) is 1. The molecule has 4 atom stereocenters. The molecule has 14 heteroatoms. The molecule has 0 aromatic rings. The van der Waals surface area contributed by atoms with E-state index in [0.717, 1.165) is 0 Å². The van der Waals surface area contributed by atoms with Crippen molar-refractivity contribution in [1.82, 2.24) is 16.0 Å². The molecule has 4 unspecified atom stereocenters. The Morgan fingerprint density at radius 2 is 1.55 bits per heavy atom. The third-order valence-electron chi connectivity index (χ3n) is 4.17. The van der Waals surface area contributed by atoms with Crippen LogP contribution in [0, 0.1) is 5.92 Å². The Labute approximate surface area is 186 Å². The van der Waals surface area contributed by atoms with Crippen molar-refractivity contribution in [2.24, 2.45) is 28.1 Å². The van der Waals surface area contributed by atoms with E-state index in [4.69, 9.17) is 22.3 Å². The van der Waals surface area contributed by atoms with Crippen LogP contribution in [-0.4, -0.2) is 82.9 Å². The van der Waals surface area contributed by atoms with E-state index in [9.17, 15) is 24.3 Å². The lowest BCUT2D eigenvalue weighted by Gasteiger charge is -2.24. The van der Waals surface area contributed by atoms with E-state index in [1.807, 2.05) is 0 Å². The molecular formula is C17H33N7O6S. The number of aliphatic carboxylic acids is 1. The summed E-state index contributed by atoms with van der Waals surface area (Å²) in [6.45, 7) is 2.71. The van der Waals surface area contributed by atoms with Gasteiger partial charge in [-0.2, -0.15) is 12.6 Å². The number of guanidine groups is 1. The van der Waals surface area contributed by atoms with Gasteiger partial charge in [0, 0.05) is 12.3 Å². The summed E-state index contributed by atoms with van der Waals surface area (Å²) in [4.78, 5) is 51.9. The Bertz CT molecular complexity index is 657. The van der Waals surface area contributed by atoms with E-state index in [0.29, 0.717) is 13.0 Å². The average Bonchev–Trinajstić information content (AvgIpc) is 2.69. The van der Waals surface area contributed by atoms with Crippen molar-refractivity contribution in [3.8, 4) is 0 Å². The largest absolute Gasteiger partial charge is 0.480 e. The fraction of sp³-hybridized carbons (Fsp3) is 0.706. The number of amides is 3. The van der Waals surface area contributed by atoms with Gasteiger partial charge in [-0.15, -0.1) is 0 Å². The minimum Gasteiger partial charge on any atom is -0.480 e. The number of carbonyl (C=O) groups excluding carboxylic acids is 3. The van der Waals surface area contributed by atoms with Crippen molar-refractivity contribution in [3.05, 3.63) is 0 Å². The van der Waals surface area contributed by atoms with Crippen LogP contribution in [0.1, 0.15) is 26.7 Å². The fourth-order valence-electron chi connectivity index (χ4n) is 2.36. The van der Waals surface area contributed by atoms with Crippen molar-refractivity contribution in [1.29, 1.82) is 0 Å². The van der Waals surface area contributed by atoms with Gasteiger partial charge in [-0.1, -0.05) is 13.8 Å². The summed E-state index contributed by atoms with van der Waals surface area (Å²) >= 11 is 4.02. The average molecular weight is 464 g/mol. The number of nitrogens with two attached hydrogens (primary N) is 3. The fourth-order valence-corrected chi connectivity index (χ4v) is 2.61. The van der Waals surface area contributed by atoms with E-state index in [1.165, 1.54) is 0 Å². The highest BCUT2D eigenvalue weighted by molar-refractivity contribution is 7.80. The van der Waals surface area contributed by atoms with Gasteiger partial charge >= 0.3 is 5.97 Å². The predicted molar refractivity (Wildman–Crippen MR) is 117 cm³/mol. The molecular weight excluding hydrogens is 430 g/mol. The second-order valence-corrected chi connectivity index (χ2v) is 7.48. The highest BCUT2D eigenvalue weighted by atomic mass is 32.1. The monoisotopic (exact) mass is 463 g/mol. The first-order chi connectivity index (χ1) is 14.4. The summed E-state index contributed by atoms with van der Waals surface area (Å²) in [5, 5.41) is 25.5. The van der Waals surface area contributed by atoms with Crippen LogP contribution in [-0.2, 0) is 19.2 Å². The molecule has 0 aliphatic carbocycles. The maximum Gasteiger partial charge on any atom is 0.326 e. The SMILES string of the molecule is CC(C)C(NC(=O)C(CO)NC(=O)C(CS)NC(=O)C(N)CCCN=C(N)N)C(=O)O. The lowest BCUT2D eigenvalue weighted by atomic mass is 10.0. The van der Waals surface area contributed by atoms with Gasteiger partial charge in [0.15, 0.2) is 5.96 Å². The van der Waals surface area contributed by atoms with E-state index in [1.54, 1.807) is 13.8 Å². The molecule has 0 radical (unpaired) electrons. The minimum absolute atomic E-state index is 0.0737. The van der Waals surface area contributed by atoms with Crippen LogP contribution < -0.4 is 33.2 Å². The zero-order valence-corrected chi connectivity index (χ0v) is 18.5. The van der Waals surface area contributed by atoms with Crippen molar-refractivity contribution in [2.45, 2.75) is 50.9 Å². The van der Waals surface area contributed by atoms with Crippen molar-refractivity contribution < 1.29 is 29.4 Å². The Kier molecular flexibility index (Phi) is 13.2. The van der Waals surface area contributed by atoms with Gasteiger partial charge in [0.05, 0.1) is 12.6 Å². The van der Waals surface area contributed by atoms with Crippen LogP contribution in [0.5, 0.6) is 0 Å². The molecule has 3 amide bonds. The molecule has 0 aliphatic rings. The molecule has 0 bridgehead atoms. The minimum atomic E-state index is -1.42. The van der Waals surface area contributed by atoms with Gasteiger partial charge in [0.25, 0.3) is 0 Å². The summed E-state index contributed by atoms with van der Waals surface area (Å²) in [5.41, 5.74) is 16.2. The molecule has 11 N–H and O–H groups in total. The van der Waals surface area contributed by atoms with Crippen LogP contribution >= 0.6 is 12.6 Å². The molecule has 0 aliphatic heterocycles. The van der Waals surface area contributed by atoms with Crippen LogP contribution in [0.25, 0.3) is 0 Å². The Morgan fingerprint density at radius 3 is 2.00 bits per heavy atom. The predicted octanol–water partition coefficient (Wildman–Crippen LogP) is -3.52. The van der Waals surface area contributed by atoms with E-state index in [2.05, 4.69) is 33.6 Å². The van der Waals surface area contributed by atoms with Crippen LogP contribution in [0.3, 0.4) is 0 Å². The normalized spacial score (nSPS) is 14.6. The molecule has 0 aromatic carbocycles. The lowest BCUT2D eigenvalue weighted by molar-refractivity contribution is -0.143. The number of hydrogen-bond acceptors (Lipinski definition) is 8. The molecule has 0 heterocycles. The zero-order valence-electron chi connectivity index (χ0n) is 17.6. The Hall–Kier alpha value is -2.58. The van der Waals surface area contributed by atoms with Gasteiger partial charge < -0.3 is 43.4 Å². The smallest absolute Gasteiger partial charge is 0.326 e. The number of carboxylic acids is 1. The van der Waals surface area contributed by atoms with E-state index < -0.39 is 60.4 Å². The number of nitrogens with one attached hydrogen (secondary N) is 3. The molecule has 0 fully saturated rings. The molecule has 13 nitrogen and oxygen atoms in total. The first kappa shape index (κ1) is 28.4. The first-order valence-electron chi connectivity index (χ1n) is 9.61. The van der Waals surface area contributed by atoms with E-state index >= 15 is 0 Å². The zero-order chi connectivity index (χ0) is 24.1. The van der Waals surface area contributed by atoms with Gasteiger partial charge in [-0.05, 0) is 18.8 Å². The number of aliphatic hydroxyl groups excluding tert-OH is 1. The van der Waals surface area contributed by atoms with Gasteiger partial charge in [0.1, 0.15) is 18.1 Å². The quantitative estimate of drug-likeness (QED) is 0.0536. The third kappa shape index (κ3) is 10.8. The molecule has 0 spiro atoms. The summed E-state index contributed by atoms with van der Waals surface area (Å²) in [7, 11) is 0. The van der Waals surface area contributed by atoms with Gasteiger partial charge in [-0.3, -0.25) is 19.4 Å². The molecule has 31 heavy (non-hydrogen) atoms. The van der Waals surface area contributed by atoms with Crippen molar-refractivity contribution in [2.75, 3.05) is 18.9 Å². The Morgan fingerprint density at radius 1 is 1.00 bits per heavy atom. The number of carbonyl (C=O) groups is 4. The maximum absolute atomic E-state index is 12.4. The summed E-state index contributed by atoms with van der Waals surface area (Å²) < 4.78 is 0. The molecule has 178 valence electrons. The molecule has 0 aromatic heterocycles. The number of aliphatic hydroxyl groups is 1. The molecule has 0 saturated carbocycles. The second kappa shape index (κ2) is 14.4. The Balaban J connectivity index is 4.87. The topological polar surface area (TPSA) is 235 Å². The van der Waals surface area contributed by atoms with Gasteiger partial charge in [0.2, 0.25) is 17.7 Å². The number of aliphatic imine (C=N–C) groups is 1. The molecule has 0 rings (SSSR count). The molecule has 0 saturated heterocycles. The first-order valence-corrected chi connectivity index (χ1v) is 10.2. The number of thiol groups is 1. The maximum atomic E-state index is 12.4. The number of carboxylic acid groups (broad SMARTS) is 1. The van der Waals surface area contributed by atoms with Crippen LogP contribution in [0.4, 0.5) is 0 Å². The van der Waals surface area contributed by atoms with Crippen molar-refractivity contribution >= 4 is 42.3 Å². The summed E-state index contributed by atoms with van der Waals surface area (Å²) in [5.74, 6) is -4.14. The number of hydrogen-bond donors (Lipinski definition) is 9. The lowest BCUT2D eigenvalue weighted by Crippen LogP contribution is -2.59. The standard InChI is InChI=1S/C17H33N7O6S/c1-8(2)12(16(29)30)24-14(27)10(6-25)22-15(28)11(7-31)23-13(26)9(18)4-3-5-21-17(19)20/h8-12,25,31H,3-7,18H2,1-2H3,(H,22,28)(H,23,26)(H,24,27)(H,29,30)(H4,19,20,21). The highest BCUT2D eigenvalue weighted by Crippen LogP contribution is 2.03. The van der Waals surface area contributed by atoms with Crippen molar-refractivity contribution in [3.63, 3.8) is 0 Å². The summed E-state index contributed by atoms with van der Waals surface area (Å²) in [6.07, 6.45) is 0.703. The van der Waals surface area contributed by atoms with Crippen LogP contribution in [0.2, 0.25) is 0 Å². The van der Waals surface area contributed by atoms with Gasteiger partial charge in [-0.25, -0.2) is 4.79 Å².